The summed E-state index contributed by atoms with van der Waals surface area (Å²) >= 11 is 0. The Morgan fingerprint density at radius 2 is 1.92 bits per heavy atom. The molecule has 1 aromatic carbocycles. The Bertz CT molecular complexity index is 615. The predicted octanol–water partition coefficient (Wildman–Crippen LogP) is 2.36. The Morgan fingerprint density at radius 1 is 1.19 bits per heavy atom. The summed E-state index contributed by atoms with van der Waals surface area (Å²) in [7, 11) is 0. The second kappa shape index (κ2) is 9.88. The first-order chi connectivity index (χ1) is 12.1. The lowest BCUT2D eigenvalue weighted by atomic mass is 10.0. The van der Waals surface area contributed by atoms with Gasteiger partial charge >= 0.3 is 0 Å². The van der Waals surface area contributed by atoms with Crippen LogP contribution in [0.1, 0.15) is 42.5 Å². The smallest absolute Gasteiger partial charge is 0.256 e. The molecule has 0 spiro atoms. The van der Waals surface area contributed by atoms with Crippen LogP contribution in [0, 0.1) is 11.7 Å². The molecule has 2 saturated heterocycles. The third-order valence-electron chi connectivity index (χ3n) is 5.19. The molecule has 3 rings (SSSR count). The molecule has 2 N–H and O–H groups in total. The maximum atomic E-state index is 13.7. The van der Waals surface area contributed by atoms with Gasteiger partial charge in [0, 0.05) is 25.6 Å². The first kappa shape index (κ1) is 20.6. The Balaban J connectivity index is 0.00000243. The lowest BCUT2D eigenvalue weighted by Crippen LogP contribution is -2.46. The van der Waals surface area contributed by atoms with Gasteiger partial charge in [0.2, 0.25) is 5.91 Å². The first-order valence-electron chi connectivity index (χ1n) is 9.17. The molecule has 7 heteroatoms. The van der Waals surface area contributed by atoms with Crippen LogP contribution in [0.25, 0.3) is 0 Å². The Hall–Kier alpha value is -1.66. The molecular weight excluding hydrogens is 357 g/mol. The fourth-order valence-electron chi connectivity index (χ4n) is 3.63. The number of piperidine rings is 1. The summed E-state index contributed by atoms with van der Waals surface area (Å²) in [6, 6.07) is 6.18. The fraction of sp³-hybridized carbons (Fsp3) is 0.579. The third kappa shape index (κ3) is 5.42. The third-order valence-corrected chi connectivity index (χ3v) is 5.19. The van der Waals surface area contributed by atoms with Gasteiger partial charge in [0.05, 0.1) is 5.56 Å². The van der Waals surface area contributed by atoms with Crippen LogP contribution in [0.15, 0.2) is 24.3 Å². The number of benzene rings is 1. The van der Waals surface area contributed by atoms with Crippen LogP contribution in [-0.4, -0.2) is 48.9 Å². The molecule has 2 heterocycles. The van der Waals surface area contributed by atoms with E-state index in [2.05, 4.69) is 10.6 Å². The molecule has 0 aliphatic carbocycles. The number of rotatable bonds is 5. The van der Waals surface area contributed by atoms with Gasteiger partial charge in [-0.1, -0.05) is 12.1 Å². The molecule has 0 bridgehead atoms. The van der Waals surface area contributed by atoms with Crippen molar-refractivity contribution in [3.63, 3.8) is 0 Å². The molecule has 2 aliphatic rings. The zero-order chi connectivity index (χ0) is 17.6. The van der Waals surface area contributed by atoms with Crippen molar-refractivity contribution >= 4 is 24.2 Å². The van der Waals surface area contributed by atoms with Crippen molar-refractivity contribution < 1.29 is 14.0 Å². The van der Waals surface area contributed by atoms with E-state index < -0.39 is 5.82 Å². The van der Waals surface area contributed by atoms with Gasteiger partial charge in [-0.3, -0.25) is 9.59 Å². The highest BCUT2D eigenvalue weighted by atomic mass is 35.5. The molecule has 144 valence electrons. The van der Waals surface area contributed by atoms with Crippen LogP contribution in [0.2, 0.25) is 0 Å². The quantitative estimate of drug-likeness (QED) is 0.820. The molecule has 2 aliphatic heterocycles. The highest BCUT2D eigenvalue weighted by molar-refractivity contribution is 5.94. The zero-order valence-electron chi connectivity index (χ0n) is 14.9. The van der Waals surface area contributed by atoms with Gasteiger partial charge in [-0.25, -0.2) is 4.39 Å². The minimum Gasteiger partial charge on any atom is -0.353 e. The molecule has 1 atom stereocenters. The number of likely N-dealkylation sites (tertiary alicyclic amines) is 1. The number of hydrogen-bond donors (Lipinski definition) is 2. The number of hydrogen-bond acceptors (Lipinski definition) is 3. The second-order valence-corrected chi connectivity index (χ2v) is 7.01. The minimum atomic E-state index is -0.482. The molecule has 2 amide bonds. The number of halogens is 2. The van der Waals surface area contributed by atoms with Crippen LogP contribution in [0.5, 0.6) is 0 Å². The average Bonchev–Trinajstić information content (AvgIpc) is 3.14. The molecule has 0 radical (unpaired) electrons. The van der Waals surface area contributed by atoms with Crippen molar-refractivity contribution in [1.82, 2.24) is 15.5 Å². The van der Waals surface area contributed by atoms with Crippen LogP contribution in [0.3, 0.4) is 0 Å². The standard InChI is InChI=1S/C19H26FN3O2.ClH/c20-17-4-2-1-3-16(17)19(25)23-11-8-15(9-12-23)22-18(24)6-5-14-7-10-21-13-14;/h1-4,14-15,21H,5-13H2,(H,22,24);1H. The first-order valence-corrected chi connectivity index (χ1v) is 9.17. The van der Waals surface area contributed by atoms with Crippen LogP contribution in [-0.2, 0) is 4.79 Å². The summed E-state index contributed by atoms with van der Waals surface area (Å²) in [4.78, 5) is 26.2. The van der Waals surface area contributed by atoms with Gasteiger partial charge in [-0.15, -0.1) is 12.4 Å². The van der Waals surface area contributed by atoms with Gasteiger partial charge in [0.25, 0.3) is 5.91 Å². The minimum absolute atomic E-state index is 0. The van der Waals surface area contributed by atoms with Gasteiger partial charge < -0.3 is 15.5 Å². The maximum absolute atomic E-state index is 13.7. The van der Waals surface area contributed by atoms with Crippen molar-refractivity contribution in [1.29, 1.82) is 0 Å². The average molecular weight is 384 g/mol. The summed E-state index contributed by atoms with van der Waals surface area (Å²) < 4.78 is 13.7. The predicted molar refractivity (Wildman–Crippen MR) is 101 cm³/mol. The fourth-order valence-corrected chi connectivity index (χ4v) is 3.63. The van der Waals surface area contributed by atoms with Crippen molar-refractivity contribution in [3.05, 3.63) is 35.6 Å². The summed E-state index contributed by atoms with van der Waals surface area (Å²) in [5.74, 6) is -0.0299. The normalized spacial score (nSPS) is 20.5. The van der Waals surface area contributed by atoms with Crippen molar-refractivity contribution in [2.45, 2.75) is 38.1 Å². The van der Waals surface area contributed by atoms with Gasteiger partial charge in [-0.2, -0.15) is 0 Å². The Morgan fingerprint density at radius 3 is 2.58 bits per heavy atom. The lowest BCUT2D eigenvalue weighted by Gasteiger charge is -2.32. The van der Waals surface area contributed by atoms with Crippen LogP contribution < -0.4 is 10.6 Å². The van der Waals surface area contributed by atoms with Crippen molar-refractivity contribution in [2.75, 3.05) is 26.2 Å². The van der Waals surface area contributed by atoms with Crippen molar-refractivity contribution in [2.24, 2.45) is 5.92 Å². The highest BCUT2D eigenvalue weighted by Gasteiger charge is 2.26. The Kier molecular flexibility index (Phi) is 7.85. The van der Waals surface area contributed by atoms with E-state index in [1.807, 2.05) is 0 Å². The summed E-state index contributed by atoms with van der Waals surface area (Å²) in [6.45, 7) is 3.17. The van der Waals surface area contributed by atoms with E-state index in [4.69, 9.17) is 0 Å². The summed E-state index contributed by atoms with van der Waals surface area (Å²) in [5, 5.41) is 6.40. The zero-order valence-corrected chi connectivity index (χ0v) is 15.7. The molecule has 1 unspecified atom stereocenters. The molecule has 26 heavy (non-hydrogen) atoms. The number of carbonyl (C=O) groups excluding carboxylic acids is 2. The number of nitrogens with zero attached hydrogens (tertiary/aromatic N) is 1. The second-order valence-electron chi connectivity index (χ2n) is 7.01. The van der Waals surface area contributed by atoms with Gasteiger partial charge in [-0.05, 0) is 56.8 Å². The molecule has 2 fully saturated rings. The van der Waals surface area contributed by atoms with E-state index in [1.165, 1.54) is 12.1 Å². The Labute approximate surface area is 160 Å². The van der Waals surface area contributed by atoms with E-state index in [0.29, 0.717) is 25.4 Å². The topological polar surface area (TPSA) is 61.4 Å². The van der Waals surface area contributed by atoms with Gasteiger partial charge in [0.15, 0.2) is 0 Å². The lowest BCUT2D eigenvalue weighted by molar-refractivity contribution is -0.122. The van der Waals surface area contributed by atoms with E-state index in [1.54, 1.807) is 17.0 Å². The van der Waals surface area contributed by atoms with E-state index in [-0.39, 0.29) is 35.8 Å². The SMILES string of the molecule is Cl.O=C(CCC1CCNC1)NC1CCN(C(=O)c2ccccc2F)CC1. The molecular formula is C19H27ClFN3O2. The number of amides is 2. The van der Waals surface area contributed by atoms with Crippen LogP contribution in [0.4, 0.5) is 4.39 Å². The largest absolute Gasteiger partial charge is 0.353 e. The van der Waals surface area contributed by atoms with Crippen molar-refractivity contribution in [3.8, 4) is 0 Å². The summed E-state index contributed by atoms with van der Waals surface area (Å²) in [5.41, 5.74) is 0.121. The van der Waals surface area contributed by atoms with E-state index in [0.717, 1.165) is 38.8 Å². The monoisotopic (exact) mass is 383 g/mol. The van der Waals surface area contributed by atoms with Gasteiger partial charge in [0.1, 0.15) is 5.82 Å². The number of nitrogens with one attached hydrogen (secondary N) is 2. The maximum Gasteiger partial charge on any atom is 0.256 e. The molecule has 0 aromatic heterocycles. The molecule has 1 aromatic rings. The molecule has 5 nitrogen and oxygen atoms in total. The van der Waals surface area contributed by atoms with E-state index >= 15 is 0 Å². The van der Waals surface area contributed by atoms with E-state index in [9.17, 15) is 14.0 Å². The summed E-state index contributed by atoms with van der Waals surface area (Å²) in [6.07, 6.45) is 4.10. The van der Waals surface area contributed by atoms with Crippen LogP contribution >= 0.6 is 12.4 Å². The number of carbonyl (C=O) groups is 2. The molecule has 0 saturated carbocycles. The highest BCUT2D eigenvalue weighted by Crippen LogP contribution is 2.17.